The Morgan fingerprint density at radius 3 is 2.14 bits per heavy atom. The van der Waals surface area contributed by atoms with E-state index in [1.54, 1.807) is 0 Å². The van der Waals surface area contributed by atoms with E-state index in [2.05, 4.69) is 4.89 Å². The van der Waals surface area contributed by atoms with E-state index in [9.17, 15) is 0 Å². The van der Waals surface area contributed by atoms with Crippen molar-refractivity contribution in [1.82, 2.24) is 0 Å². The molecule has 0 radical (unpaired) electrons. The molecule has 0 saturated heterocycles. The Labute approximate surface area is 86.3 Å². The average molecular weight is 202 g/mol. The van der Waals surface area contributed by atoms with E-state index in [-0.39, 0.29) is 5.60 Å². The average Bonchev–Trinajstić information content (AvgIpc) is 2.14. The minimum Gasteiger partial charge on any atom is -0.344 e. The standard InChI is InChI=1S/C11H22O3/c1-11(2,3)13-10(14-12)9-7-5-4-6-8-9/h9-10,12H,4-8H2,1-3H3. The molecule has 3 heteroatoms. The van der Waals surface area contributed by atoms with E-state index < -0.39 is 6.29 Å². The van der Waals surface area contributed by atoms with Gasteiger partial charge < -0.3 is 4.74 Å². The van der Waals surface area contributed by atoms with Gasteiger partial charge in [0.05, 0.1) is 5.60 Å². The molecule has 1 atom stereocenters. The molecule has 0 aromatic carbocycles. The molecule has 0 aromatic rings. The van der Waals surface area contributed by atoms with Crippen LogP contribution in [0.1, 0.15) is 52.9 Å². The Kier molecular flexibility index (Phi) is 4.35. The second kappa shape index (κ2) is 5.10. The van der Waals surface area contributed by atoms with Crippen LogP contribution in [0.25, 0.3) is 0 Å². The largest absolute Gasteiger partial charge is 0.344 e. The molecule has 1 unspecified atom stereocenters. The lowest BCUT2D eigenvalue weighted by Crippen LogP contribution is -2.35. The number of hydrogen-bond acceptors (Lipinski definition) is 3. The van der Waals surface area contributed by atoms with Crippen LogP contribution in [0.15, 0.2) is 0 Å². The van der Waals surface area contributed by atoms with Crippen molar-refractivity contribution in [2.75, 3.05) is 0 Å². The first-order valence-corrected chi connectivity index (χ1v) is 5.51. The van der Waals surface area contributed by atoms with E-state index in [0.717, 1.165) is 12.8 Å². The Bertz CT molecular complexity index is 156. The highest BCUT2D eigenvalue weighted by Gasteiger charge is 2.29. The second-order valence-electron chi connectivity index (χ2n) is 5.10. The van der Waals surface area contributed by atoms with Crippen LogP contribution in [0.5, 0.6) is 0 Å². The third kappa shape index (κ3) is 3.95. The smallest absolute Gasteiger partial charge is 0.194 e. The van der Waals surface area contributed by atoms with Gasteiger partial charge in [0.2, 0.25) is 0 Å². The maximum absolute atomic E-state index is 8.82. The van der Waals surface area contributed by atoms with Gasteiger partial charge in [-0.05, 0) is 33.6 Å². The molecular formula is C11H22O3. The summed E-state index contributed by atoms with van der Waals surface area (Å²) in [6.45, 7) is 5.92. The predicted molar refractivity (Wildman–Crippen MR) is 54.9 cm³/mol. The molecule has 14 heavy (non-hydrogen) atoms. The highest BCUT2D eigenvalue weighted by Crippen LogP contribution is 2.30. The summed E-state index contributed by atoms with van der Waals surface area (Å²) in [7, 11) is 0. The molecule has 0 spiro atoms. The molecule has 1 aliphatic carbocycles. The maximum Gasteiger partial charge on any atom is 0.194 e. The van der Waals surface area contributed by atoms with Gasteiger partial charge in [-0.2, -0.15) is 0 Å². The molecular weight excluding hydrogens is 180 g/mol. The van der Waals surface area contributed by atoms with Gasteiger partial charge in [0.1, 0.15) is 0 Å². The lowest BCUT2D eigenvalue weighted by Gasteiger charge is -2.32. The third-order valence-electron chi connectivity index (χ3n) is 2.61. The SMILES string of the molecule is CC(C)(C)OC(OO)C1CCCCC1. The van der Waals surface area contributed by atoms with Crippen LogP contribution in [0, 0.1) is 5.92 Å². The normalized spacial score (nSPS) is 22.3. The number of ether oxygens (including phenoxy) is 1. The fourth-order valence-corrected chi connectivity index (χ4v) is 1.96. The molecule has 0 heterocycles. The van der Waals surface area contributed by atoms with Crippen LogP contribution < -0.4 is 0 Å². The fraction of sp³-hybridized carbons (Fsp3) is 1.00. The molecule has 3 nitrogen and oxygen atoms in total. The van der Waals surface area contributed by atoms with Crippen molar-refractivity contribution in [3.63, 3.8) is 0 Å². The second-order valence-corrected chi connectivity index (χ2v) is 5.10. The topological polar surface area (TPSA) is 38.7 Å². The van der Waals surface area contributed by atoms with Crippen molar-refractivity contribution in [2.24, 2.45) is 5.92 Å². The molecule has 0 aromatic heterocycles. The summed E-state index contributed by atoms with van der Waals surface area (Å²) in [5.74, 6) is 0.355. The quantitative estimate of drug-likeness (QED) is 0.434. The summed E-state index contributed by atoms with van der Waals surface area (Å²) < 4.78 is 5.65. The first-order chi connectivity index (χ1) is 6.53. The lowest BCUT2D eigenvalue weighted by molar-refractivity contribution is -0.377. The highest BCUT2D eigenvalue weighted by atomic mass is 17.1. The lowest BCUT2D eigenvalue weighted by atomic mass is 9.88. The van der Waals surface area contributed by atoms with Gasteiger partial charge in [-0.3, -0.25) is 0 Å². The maximum atomic E-state index is 8.82. The monoisotopic (exact) mass is 202 g/mol. The number of hydrogen-bond donors (Lipinski definition) is 1. The summed E-state index contributed by atoms with van der Waals surface area (Å²) in [5.41, 5.74) is -0.259. The van der Waals surface area contributed by atoms with Gasteiger partial charge in [0, 0.05) is 5.92 Å². The van der Waals surface area contributed by atoms with Crippen molar-refractivity contribution in [2.45, 2.75) is 64.8 Å². The Morgan fingerprint density at radius 1 is 1.14 bits per heavy atom. The van der Waals surface area contributed by atoms with Gasteiger partial charge in [-0.15, -0.1) is 0 Å². The van der Waals surface area contributed by atoms with Crippen molar-refractivity contribution >= 4 is 0 Å². The first-order valence-electron chi connectivity index (χ1n) is 5.51. The summed E-state index contributed by atoms with van der Waals surface area (Å²) in [5, 5.41) is 8.82. The molecule has 1 rings (SSSR count). The van der Waals surface area contributed by atoms with Gasteiger partial charge in [-0.1, -0.05) is 19.3 Å². The zero-order chi connectivity index (χ0) is 10.6. The van der Waals surface area contributed by atoms with Crippen LogP contribution in [0.2, 0.25) is 0 Å². The van der Waals surface area contributed by atoms with E-state index in [1.807, 2.05) is 20.8 Å². The van der Waals surface area contributed by atoms with E-state index in [0.29, 0.717) is 5.92 Å². The minimum absolute atomic E-state index is 0.259. The summed E-state index contributed by atoms with van der Waals surface area (Å²) >= 11 is 0. The van der Waals surface area contributed by atoms with Crippen molar-refractivity contribution < 1.29 is 14.9 Å². The van der Waals surface area contributed by atoms with Crippen LogP contribution in [-0.2, 0) is 9.62 Å². The molecule has 0 amide bonds. The van der Waals surface area contributed by atoms with Gasteiger partial charge in [0.25, 0.3) is 0 Å². The Balaban J connectivity index is 2.43. The zero-order valence-electron chi connectivity index (χ0n) is 9.45. The molecule has 84 valence electrons. The fourth-order valence-electron chi connectivity index (χ4n) is 1.96. The van der Waals surface area contributed by atoms with Crippen molar-refractivity contribution in [3.8, 4) is 0 Å². The first kappa shape index (κ1) is 12.0. The zero-order valence-corrected chi connectivity index (χ0v) is 9.45. The summed E-state index contributed by atoms with van der Waals surface area (Å²) in [6, 6.07) is 0. The molecule has 1 aliphatic rings. The third-order valence-corrected chi connectivity index (χ3v) is 2.61. The molecule has 0 aliphatic heterocycles. The van der Waals surface area contributed by atoms with Gasteiger partial charge >= 0.3 is 0 Å². The van der Waals surface area contributed by atoms with Crippen molar-refractivity contribution in [1.29, 1.82) is 0 Å². The van der Waals surface area contributed by atoms with Gasteiger partial charge in [-0.25, -0.2) is 10.1 Å². The Morgan fingerprint density at radius 2 is 1.71 bits per heavy atom. The van der Waals surface area contributed by atoms with Crippen LogP contribution >= 0.6 is 0 Å². The van der Waals surface area contributed by atoms with E-state index in [4.69, 9.17) is 9.99 Å². The Hall–Kier alpha value is -0.120. The van der Waals surface area contributed by atoms with E-state index >= 15 is 0 Å². The van der Waals surface area contributed by atoms with Crippen LogP contribution in [-0.4, -0.2) is 17.1 Å². The number of rotatable bonds is 3. The molecule has 1 N–H and O–H groups in total. The predicted octanol–water partition coefficient (Wildman–Crippen LogP) is 3.20. The highest BCUT2D eigenvalue weighted by molar-refractivity contribution is 4.71. The summed E-state index contributed by atoms with van der Waals surface area (Å²) in [6.07, 6.45) is 5.48. The molecule has 1 fully saturated rings. The molecule has 0 bridgehead atoms. The van der Waals surface area contributed by atoms with E-state index in [1.165, 1.54) is 19.3 Å². The van der Waals surface area contributed by atoms with Crippen molar-refractivity contribution in [3.05, 3.63) is 0 Å². The minimum atomic E-state index is -0.449. The van der Waals surface area contributed by atoms with Crippen LogP contribution in [0.4, 0.5) is 0 Å². The summed E-state index contributed by atoms with van der Waals surface area (Å²) in [4.78, 5) is 4.44. The van der Waals surface area contributed by atoms with Crippen LogP contribution in [0.3, 0.4) is 0 Å². The molecule has 1 saturated carbocycles. The van der Waals surface area contributed by atoms with Gasteiger partial charge in [0.15, 0.2) is 6.29 Å².